The molecule has 1 aliphatic carbocycles. The molecule has 1 aromatic carbocycles. The van der Waals surface area contributed by atoms with E-state index in [-0.39, 0.29) is 0 Å². The summed E-state index contributed by atoms with van der Waals surface area (Å²) in [5.41, 5.74) is 0. The largest absolute Gasteiger partial charge is 0.159 e. The molecule has 0 aliphatic heterocycles. The molecule has 0 spiro atoms. The number of hydrogen-bond donors (Lipinski definition) is 0. The second kappa shape index (κ2) is 8.10. The van der Waals surface area contributed by atoms with E-state index < -0.39 is 0 Å². The highest BCUT2D eigenvalue weighted by Gasteiger charge is 2.12. The molecule has 0 amide bonds. The van der Waals surface area contributed by atoms with Crippen LogP contribution in [0, 0.1) is 0 Å². The standard InChI is InChI=1S/C15H22S2/c1-3-8-14(9-4-1)16-12-7-13-17-15-10-5-2-6-11-15/h1,3-4,8-9,15H,2,5-7,10-13H2. The summed E-state index contributed by atoms with van der Waals surface area (Å²) < 4.78 is 0. The lowest BCUT2D eigenvalue weighted by Crippen LogP contribution is -2.08. The predicted molar refractivity (Wildman–Crippen MR) is 81.1 cm³/mol. The molecular weight excluding hydrogens is 244 g/mol. The summed E-state index contributed by atoms with van der Waals surface area (Å²) in [6.07, 6.45) is 8.70. The fraction of sp³-hybridized carbons (Fsp3) is 0.600. The van der Waals surface area contributed by atoms with Crippen LogP contribution in [0.15, 0.2) is 35.2 Å². The first kappa shape index (κ1) is 13.4. The van der Waals surface area contributed by atoms with Gasteiger partial charge >= 0.3 is 0 Å². The Morgan fingerprint density at radius 2 is 1.71 bits per heavy atom. The fourth-order valence-electron chi connectivity index (χ4n) is 2.25. The van der Waals surface area contributed by atoms with Crippen molar-refractivity contribution >= 4 is 23.5 Å². The van der Waals surface area contributed by atoms with Crippen molar-refractivity contribution in [2.45, 2.75) is 48.7 Å². The quantitative estimate of drug-likeness (QED) is 0.510. The summed E-state index contributed by atoms with van der Waals surface area (Å²) >= 11 is 4.21. The highest BCUT2D eigenvalue weighted by Crippen LogP contribution is 2.29. The van der Waals surface area contributed by atoms with Crippen molar-refractivity contribution in [3.05, 3.63) is 30.3 Å². The lowest BCUT2D eigenvalue weighted by molar-refractivity contribution is 0.516. The molecule has 0 aromatic heterocycles. The Balaban J connectivity index is 1.51. The van der Waals surface area contributed by atoms with Crippen LogP contribution in [0.4, 0.5) is 0 Å². The zero-order valence-electron chi connectivity index (χ0n) is 10.4. The monoisotopic (exact) mass is 266 g/mol. The Labute approximate surface area is 114 Å². The van der Waals surface area contributed by atoms with Gasteiger partial charge in [-0.2, -0.15) is 11.8 Å². The zero-order valence-corrected chi connectivity index (χ0v) is 12.1. The summed E-state index contributed by atoms with van der Waals surface area (Å²) in [5.74, 6) is 2.62. The van der Waals surface area contributed by atoms with Gasteiger partial charge in [-0.25, -0.2) is 0 Å². The number of thioether (sulfide) groups is 2. The van der Waals surface area contributed by atoms with Gasteiger partial charge in [0, 0.05) is 10.1 Å². The molecule has 2 rings (SSSR count). The summed E-state index contributed by atoms with van der Waals surface area (Å²) in [4.78, 5) is 1.41. The van der Waals surface area contributed by atoms with Crippen LogP contribution in [0.5, 0.6) is 0 Å². The van der Waals surface area contributed by atoms with Gasteiger partial charge in [-0.15, -0.1) is 11.8 Å². The summed E-state index contributed by atoms with van der Waals surface area (Å²) in [7, 11) is 0. The van der Waals surface area contributed by atoms with E-state index in [2.05, 4.69) is 42.1 Å². The van der Waals surface area contributed by atoms with Crippen molar-refractivity contribution in [2.75, 3.05) is 11.5 Å². The van der Waals surface area contributed by atoms with Crippen LogP contribution in [0.25, 0.3) is 0 Å². The van der Waals surface area contributed by atoms with Gasteiger partial charge in [-0.3, -0.25) is 0 Å². The van der Waals surface area contributed by atoms with Crippen molar-refractivity contribution in [1.82, 2.24) is 0 Å². The van der Waals surface area contributed by atoms with E-state index in [0.29, 0.717) is 0 Å². The smallest absolute Gasteiger partial charge is 0.00719 e. The molecule has 0 atom stereocenters. The molecule has 1 aliphatic rings. The van der Waals surface area contributed by atoms with Crippen molar-refractivity contribution in [3.63, 3.8) is 0 Å². The maximum Gasteiger partial charge on any atom is 0.00719 e. The van der Waals surface area contributed by atoms with Gasteiger partial charge in [-0.05, 0) is 42.9 Å². The lowest BCUT2D eigenvalue weighted by atomic mass is 10.0. The third kappa shape index (κ3) is 5.39. The van der Waals surface area contributed by atoms with E-state index in [1.807, 2.05) is 11.8 Å². The highest BCUT2D eigenvalue weighted by molar-refractivity contribution is 8.00. The first-order valence-electron chi connectivity index (χ1n) is 6.74. The van der Waals surface area contributed by atoms with Crippen LogP contribution in [0.1, 0.15) is 38.5 Å². The van der Waals surface area contributed by atoms with Gasteiger partial charge in [0.25, 0.3) is 0 Å². The number of rotatable bonds is 6. The van der Waals surface area contributed by atoms with E-state index in [0.717, 1.165) is 5.25 Å². The van der Waals surface area contributed by atoms with Crippen LogP contribution in [-0.4, -0.2) is 16.8 Å². The highest BCUT2D eigenvalue weighted by atomic mass is 32.2. The van der Waals surface area contributed by atoms with Gasteiger partial charge in [0.15, 0.2) is 0 Å². The summed E-state index contributed by atoms with van der Waals surface area (Å²) in [5, 5.41) is 0.977. The Morgan fingerprint density at radius 1 is 0.941 bits per heavy atom. The van der Waals surface area contributed by atoms with Crippen molar-refractivity contribution < 1.29 is 0 Å². The Bertz CT molecular complexity index is 291. The van der Waals surface area contributed by atoms with Crippen molar-refractivity contribution in [3.8, 4) is 0 Å². The number of benzene rings is 1. The van der Waals surface area contributed by atoms with E-state index in [1.54, 1.807) is 0 Å². The maximum absolute atomic E-state index is 2.22. The molecule has 0 radical (unpaired) electrons. The average molecular weight is 266 g/mol. The minimum absolute atomic E-state index is 0.977. The molecule has 0 bridgehead atoms. The predicted octanol–water partition coefficient (Wildman–Crippen LogP) is 5.23. The van der Waals surface area contributed by atoms with E-state index in [1.165, 1.54) is 54.9 Å². The van der Waals surface area contributed by atoms with Gasteiger partial charge in [0.2, 0.25) is 0 Å². The SMILES string of the molecule is c1ccc(SCCCSC2CCCCC2)cc1. The molecule has 1 aromatic rings. The van der Waals surface area contributed by atoms with Gasteiger partial charge in [0.05, 0.1) is 0 Å². The Morgan fingerprint density at radius 3 is 2.47 bits per heavy atom. The van der Waals surface area contributed by atoms with Crippen LogP contribution < -0.4 is 0 Å². The normalized spacial score (nSPS) is 17.2. The minimum atomic E-state index is 0.977. The first-order valence-corrected chi connectivity index (χ1v) is 8.78. The first-order chi connectivity index (χ1) is 8.45. The molecular formula is C15H22S2. The molecule has 0 unspecified atom stereocenters. The summed E-state index contributed by atoms with van der Waals surface area (Å²) in [6, 6.07) is 10.7. The topological polar surface area (TPSA) is 0 Å². The van der Waals surface area contributed by atoms with Crippen molar-refractivity contribution in [2.24, 2.45) is 0 Å². The molecule has 2 heteroatoms. The second-order valence-electron chi connectivity index (χ2n) is 4.65. The molecule has 1 saturated carbocycles. The third-order valence-corrected chi connectivity index (χ3v) is 5.77. The molecule has 0 saturated heterocycles. The van der Waals surface area contributed by atoms with Crippen LogP contribution in [0.3, 0.4) is 0 Å². The zero-order chi connectivity index (χ0) is 11.8. The molecule has 0 N–H and O–H groups in total. The average Bonchev–Trinajstić information content (AvgIpc) is 2.41. The summed E-state index contributed by atoms with van der Waals surface area (Å²) in [6.45, 7) is 0. The van der Waals surface area contributed by atoms with E-state index in [9.17, 15) is 0 Å². The van der Waals surface area contributed by atoms with Crippen LogP contribution in [0.2, 0.25) is 0 Å². The molecule has 17 heavy (non-hydrogen) atoms. The van der Waals surface area contributed by atoms with Gasteiger partial charge < -0.3 is 0 Å². The van der Waals surface area contributed by atoms with Crippen LogP contribution >= 0.6 is 23.5 Å². The molecule has 0 heterocycles. The fourth-order valence-corrected chi connectivity index (χ4v) is 4.62. The molecule has 94 valence electrons. The van der Waals surface area contributed by atoms with E-state index >= 15 is 0 Å². The Kier molecular flexibility index (Phi) is 6.36. The lowest BCUT2D eigenvalue weighted by Gasteiger charge is -2.20. The molecule has 0 nitrogen and oxygen atoms in total. The van der Waals surface area contributed by atoms with Crippen molar-refractivity contribution in [1.29, 1.82) is 0 Å². The van der Waals surface area contributed by atoms with Gasteiger partial charge in [-0.1, -0.05) is 37.5 Å². The number of hydrogen-bond acceptors (Lipinski definition) is 2. The minimum Gasteiger partial charge on any atom is -0.159 e. The Hall–Kier alpha value is -0.0800. The van der Waals surface area contributed by atoms with E-state index in [4.69, 9.17) is 0 Å². The van der Waals surface area contributed by atoms with Crippen LogP contribution in [-0.2, 0) is 0 Å². The van der Waals surface area contributed by atoms with Gasteiger partial charge in [0.1, 0.15) is 0 Å². The second-order valence-corrected chi connectivity index (χ2v) is 7.22. The maximum atomic E-state index is 2.22. The molecule has 1 fully saturated rings. The third-order valence-electron chi connectivity index (χ3n) is 3.21.